The standard InChI is InChI=1S/C40H52N20O27P6/c41-30-26-34(49-9-45-30)57(13-53-26)25-4-20(61)24(82-25)8-78-91(69,70)85-23-2-18(80-40(23)60-16-56-29-33(44)48-12-52-37(29)60)6-76-89(65,66)83-21-1-17(79-38(21)58-14-54-27-31(42)46-10-50-35(27)58)5-75-90(67,68)84-22-3-19(7-77-92(71,72)87-93(73,74)86-88(62,63)64)81-39(22)59-15-55-28-32(43)47-11-51-36(28)59/h9-25,38-40,61H,1-8H2,(H,65,66)(H,67,68)(H,69,70)(H,71,72)(H,73,74)(H2,41,45,49)(H2,42,46,50)(H2,43,47,51)(H2,44,48,52)(H2,62,63,64)/t17-,18-,19-,20-,21+,22+,23+,24+,25+,38+,39+,40+/m0/s1. The molecule has 5 unspecified atom stereocenters. The quantitative estimate of drug-likeness (QED) is 0.0318. The van der Waals surface area contributed by atoms with Gasteiger partial charge < -0.3 is 81.2 Å². The molecule has 47 nitrogen and oxygen atoms in total. The second-order valence-electron chi connectivity index (χ2n) is 20.5. The summed E-state index contributed by atoms with van der Waals surface area (Å²) in [5.74, 6) is -0.112. The molecule has 0 aliphatic carbocycles. The number of hydrogen-bond donors (Lipinski definition) is 12. The number of aliphatic hydroxyl groups excluding tert-OH is 1. The van der Waals surface area contributed by atoms with E-state index in [2.05, 4.69) is 68.4 Å². The fraction of sp³-hybridized carbons (Fsp3) is 0.500. The lowest BCUT2D eigenvalue weighted by atomic mass is 10.2. The molecule has 8 aromatic heterocycles. The van der Waals surface area contributed by atoms with Crippen molar-refractivity contribution in [3.05, 3.63) is 50.6 Å². The Balaban J connectivity index is 0.719. The van der Waals surface area contributed by atoms with E-state index < -0.39 is 160 Å². The van der Waals surface area contributed by atoms with Crippen molar-refractivity contribution in [3.8, 4) is 0 Å². The minimum atomic E-state index is -5.93. The molecule has 8 aromatic rings. The average molecular weight is 1430 g/mol. The molecular formula is C40H52N20O27P6. The van der Waals surface area contributed by atoms with Crippen molar-refractivity contribution in [2.75, 3.05) is 49.4 Å². The van der Waals surface area contributed by atoms with E-state index in [0.717, 1.165) is 25.3 Å². The molecule has 0 amide bonds. The third kappa shape index (κ3) is 15.0. The number of nitrogens with zero attached hydrogens (tertiary/aromatic N) is 16. The van der Waals surface area contributed by atoms with Crippen molar-refractivity contribution >= 4 is 115 Å². The maximum absolute atomic E-state index is 14.1. The predicted molar refractivity (Wildman–Crippen MR) is 301 cm³/mol. The molecular weight excluding hydrogens is 1380 g/mol. The molecule has 504 valence electrons. The second-order valence-corrected chi connectivity index (χ2v) is 29.2. The summed E-state index contributed by atoms with van der Waals surface area (Å²) in [5, 5.41) is 10.9. The molecule has 0 saturated carbocycles. The zero-order valence-corrected chi connectivity index (χ0v) is 52.1. The Bertz CT molecular complexity index is 4410. The van der Waals surface area contributed by atoms with Crippen molar-refractivity contribution < 1.29 is 126 Å². The number of fused-ring (bicyclic) bond motifs is 4. The van der Waals surface area contributed by atoms with Crippen LogP contribution in [0, 0.1) is 0 Å². The highest BCUT2D eigenvalue weighted by molar-refractivity contribution is 7.66. The van der Waals surface area contributed by atoms with Crippen LogP contribution in [-0.4, -0.2) is 193 Å². The van der Waals surface area contributed by atoms with Crippen molar-refractivity contribution in [1.82, 2.24) is 78.1 Å². The molecule has 4 aliphatic heterocycles. The molecule has 0 bridgehead atoms. The Morgan fingerprint density at radius 3 is 1.09 bits per heavy atom. The number of ether oxygens (including phenoxy) is 4. The van der Waals surface area contributed by atoms with Crippen molar-refractivity contribution in [2.45, 2.75) is 99.4 Å². The van der Waals surface area contributed by atoms with Crippen molar-refractivity contribution in [3.63, 3.8) is 0 Å². The van der Waals surface area contributed by atoms with Gasteiger partial charge in [-0.1, -0.05) is 0 Å². The Morgan fingerprint density at radius 2 is 0.731 bits per heavy atom. The van der Waals surface area contributed by atoms with Crippen LogP contribution in [0.4, 0.5) is 23.3 Å². The first-order chi connectivity index (χ1) is 43.9. The summed E-state index contributed by atoms with van der Waals surface area (Å²) >= 11 is 0. The first kappa shape index (κ1) is 66.9. The van der Waals surface area contributed by atoms with Gasteiger partial charge in [0.25, 0.3) is 0 Å². The highest BCUT2D eigenvalue weighted by atomic mass is 31.3. The number of imidazole rings is 4. The molecule has 4 fully saturated rings. The minimum Gasteiger partial charge on any atom is -0.390 e. The van der Waals surface area contributed by atoms with E-state index in [-0.39, 0.29) is 75.1 Å². The Hall–Kier alpha value is -6.06. The maximum atomic E-state index is 14.1. The van der Waals surface area contributed by atoms with Crippen LogP contribution in [0.3, 0.4) is 0 Å². The number of anilines is 4. The van der Waals surface area contributed by atoms with Crippen molar-refractivity contribution in [1.29, 1.82) is 0 Å². The average Bonchev–Trinajstić information content (AvgIpc) is 1.65. The Morgan fingerprint density at radius 1 is 0.409 bits per heavy atom. The molecule has 93 heavy (non-hydrogen) atoms. The third-order valence-electron chi connectivity index (χ3n) is 14.2. The lowest BCUT2D eigenvalue weighted by Gasteiger charge is -2.24. The van der Waals surface area contributed by atoms with Crippen LogP contribution in [0.25, 0.3) is 44.7 Å². The summed E-state index contributed by atoms with van der Waals surface area (Å²) in [5.41, 5.74) is 24.9. The van der Waals surface area contributed by atoms with Crippen LogP contribution in [-0.2, 0) is 86.6 Å². The molecule has 0 aromatic carbocycles. The van der Waals surface area contributed by atoms with Crippen LogP contribution >= 0.6 is 46.9 Å². The fourth-order valence-electron chi connectivity index (χ4n) is 10.4. The van der Waals surface area contributed by atoms with E-state index in [0.29, 0.717) is 5.65 Å². The van der Waals surface area contributed by atoms with Crippen molar-refractivity contribution in [2.24, 2.45) is 0 Å². The fourth-order valence-corrected chi connectivity index (χ4v) is 16.3. The van der Waals surface area contributed by atoms with Gasteiger partial charge in [-0.05, 0) is 0 Å². The molecule has 4 saturated heterocycles. The number of phosphoric ester groups is 4. The van der Waals surface area contributed by atoms with Crippen LogP contribution in [0.2, 0.25) is 0 Å². The smallest absolute Gasteiger partial charge is 0.390 e. The highest BCUT2D eigenvalue weighted by Crippen LogP contribution is 2.66. The normalized spacial score (nSPS) is 28.6. The first-order valence-electron chi connectivity index (χ1n) is 26.6. The minimum absolute atomic E-state index is 0.00923. The number of phosphoric acid groups is 6. The highest BCUT2D eigenvalue weighted by Gasteiger charge is 2.50. The SMILES string of the molecule is Nc1ncnc2c1ncn2[C@@H]1O[C@H](COP(=O)(O)O[C@@H]2C[C@@H](COP(=O)(O)OP(=O)(O)OP(=O)(O)O)O[C@H]2n2cnc3c(N)ncnc32)C[C@H]1OP(=O)(O)OC[C@@H]1C[C@@H](OP(=O)(O)OC[C@H]2O[C@@H](n3cnc4c(N)ncnc43)C[C@@H]2O)[C@H](n2cnc3c(N)ncnc32)O1. The van der Waals surface area contributed by atoms with E-state index in [1.807, 2.05) is 0 Å². The van der Waals surface area contributed by atoms with E-state index in [1.54, 1.807) is 0 Å². The van der Waals surface area contributed by atoms with Gasteiger partial charge in [0, 0.05) is 25.7 Å². The zero-order valence-electron chi connectivity index (χ0n) is 46.7. The molecule has 16 N–H and O–H groups in total. The number of nitrogen functional groups attached to an aromatic ring is 4. The third-order valence-corrected chi connectivity index (χ3v) is 21.1. The molecule has 53 heteroatoms. The van der Waals surface area contributed by atoms with E-state index >= 15 is 0 Å². The molecule has 12 heterocycles. The van der Waals surface area contributed by atoms with Gasteiger partial charge in [-0.25, -0.2) is 87.2 Å². The van der Waals surface area contributed by atoms with Gasteiger partial charge in [-0.2, -0.15) is 8.62 Å². The summed E-state index contributed by atoms with van der Waals surface area (Å²) in [7, 11) is -33.2. The van der Waals surface area contributed by atoms with Gasteiger partial charge in [0.2, 0.25) is 0 Å². The zero-order chi connectivity index (χ0) is 66.2. The van der Waals surface area contributed by atoms with Gasteiger partial charge in [0.05, 0.1) is 76.2 Å². The van der Waals surface area contributed by atoms with Gasteiger partial charge in [0.15, 0.2) is 64.5 Å². The summed E-state index contributed by atoms with van der Waals surface area (Å²) in [6, 6.07) is 0. The van der Waals surface area contributed by atoms with E-state index in [9.17, 15) is 57.0 Å². The maximum Gasteiger partial charge on any atom is 0.490 e. The summed E-state index contributed by atoms with van der Waals surface area (Å²) in [6.07, 6.45) is -8.08. The molecule has 0 spiro atoms. The second kappa shape index (κ2) is 25.8. The monoisotopic (exact) mass is 1430 g/mol. The number of hydrogen-bond acceptors (Lipinski definition) is 36. The van der Waals surface area contributed by atoms with E-state index in [4.69, 9.17) is 83.3 Å². The molecule has 17 atom stereocenters. The predicted octanol–water partition coefficient (Wildman–Crippen LogP) is 0.0356. The van der Waals surface area contributed by atoms with Crippen LogP contribution in [0.1, 0.15) is 50.6 Å². The number of aromatic nitrogens is 16. The van der Waals surface area contributed by atoms with Gasteiger partial charge in [-0.3, -0.25) is 49.9 Å². The Kier molecular flexibility index (Phi) is 18.6. The molecule has 0 radical (unpaired) electrons. The largest absolute Gasteiger partial charge is 0.490 e. The lowest BCUT2D eigenvalue weighted by Crippen LogP contribution is -2.27. The number of nitrogens with two attached hydrogens (primary N) is 4. The lowest BCUT2D eigenvalue weighted by molar-refractivity contribution is -0.0643. The molecule has 12 rings (SSSR count). The first-order valence-corrected chi connectivity index (χ1v) is 35.6. The van der Waals surface area contributed by atoms with Crippen LogP contribution in [0.5, 0.6) is 0 Å². The van der Waals surface area contributed by atoms with E-state index in [1.165, 1.54) is 43.6 Å². The topological polar surface area (TPSA) is 663 Å². The van der Waals surface area contributed by atoms with Crippen LogP contribution in [0.15, 0.2) is 50.6 Å². The Labute approximate surface area is 516 Å². The number of aliphatic hydroxyl groups is 1. The summed E-state index contributed by atoms with van der Waals surface area (Å²) < 4.78 is 153. The molecule has 4 aliphatic rings. The van der Waals surface area contributed by atoms with Gasteiger partial charge >= 0.3 is 46.9 Å². The summed E-state index contributed by atoms with van der Waals surface area (Å²) in [6.45, 7) is -3.30. The van der Waals surface area contributed by atoms with Gasteiger partial charge in [0.1, 0.15) is 78.0 Å². The van der Waals surface area contributed by atoms with Crippen LogP contribution < -0.4 is 22.9 Å². The van der Waals surface area contributed by atoms with Gasteiger partial charge in [-0.15, -0.1) is 0 Å². The summed E-state index contributed by atoms with van der Waals surface area (Å²) in [4.78, 5) is 121. The number of rotatable bonds is 26.